The highest BCUT2D eigenvalue weighted by atomic mass is 32.1. The molecule has 0 aliphatic heterocycles. The van der Waals surface area contributed by atoms with E-state index in [1.807, 2.05) is 55.8 Å². The number of carbonyl (C=O) groups excluding carboxylic acids is 1. The van der Waals surface area contributed by atoms with Gasteiger partial charge in [-0.25, -0.2) is 0 Å². The topological polar surface area (TPSA) is 43.6 Å². The molecule has 5 heteroatoms. The van der Waals surface area contributed by atoms with Crippen molar-refractivity contribution in [2.45, 2.75) is 20.3 Å². The minimum absolute atomic E-state index is 0.136. The Hall–Kier alpha value is -2.40. The lowest BCUT2D eigenvalue weighted by Crippen LogP contribution is -2.14. The number of fused-ring (bicyclic) bond motifs is 1. The molecule has 3 aromatic rings. The molecule has 1 amide bonds. The van der Waals surface area contributed by atoms with E-state index in [2.05, 4.69) is 11.1 Å². The summed E-state index contributed by atoms with van der Waals surface area (Å²) >= 11 is 1.49. The van der Waals surface area contributed by atoms with Crippen LogP contribution < -0.4 is 9.54 Å². The Balaban J connectivity index is 1.97. The van der Waals surface area contributed by atoms with E-state index >= 15 is 0 Å². The van der Waals surface area contributed by atoms with E-state index in [0.29, 0.717) is 11.2 Å². The third-order valence-corrected chi connectivity index (χ3v) is 5.16. The number of hydrogen-bond donors (Lipinski definition) is 0. The minimum atomic E-state index is -0.136. The van der Waals surface area contributed by atoms with Gasteiger partial charge in [-0.05, 0) is 37.1 Å². The molecule has 3 rings (SSSR count). The standard InChI is InChI=1S/C19H20N2O2S/c1-12-8-9-14(13(2)10-12)11-17(22)20-19-21(3)18-15(23-4)6-5-7-16(18)24-19/h5-10H,11H2,1-4H3. The lowest BCUT2D eigenvalue weighted by Gasteiger charge is -2.04. The van der Waals surface area contributed by atoms with Gasteiger partial charge in [0.25, 0.3) is 5.91 Å². The van der Waals surface area contributed by atoms with Gasteiger partial charge in [-0.3, -0.25) is 4.79 Å². The zero-order chi connectivity index (χ0) is 17.3. The molecule has 0 N–H and O–H groups in total. The number of amides is 1. The van der Waals surface area contributed by atoms with Crippen molar-refractivity contribution in [3.63, 3.8) is 0 Å². The second kappa shape index (κ2) is 6.61. The van der Waals surface area contributed by atoms with E-state index < -0.39 is 0 Å². The lowest BCUT2D eigenvalue weighted by molar-refractivity contribution is -0.117. The van der Waals surface area contributed by atoms with Gasteiger partial charge in [-0.15, -0.1) is 0 Å². The van der Waals surface area contributed by atoms with E-state index in [-0.39, 0.29) is 5.91 Å². The number of rotatable bonds is 3. The number of ether oxygens (including phenoxy) is 1. The number of hydrogen-bond acceptors (Lipinski definition) is 3. The van der Waals surface area contributed by atoms with Crippen molar-refractivity contribution in [2.24, 2.45) is 12.0 Å². The molecule has 1 aromatic heterocycles. The lowest BCUT2D eigenvalue weighted by atomic mass is 10.0. The first-order valence-corrected chi connectivity index (χ1v) is 8.57. The van der Waals surface area contributed by atoms with Gasteiger partial charge in [0.15, 0.2) is 4.80 Å². The molecule has 0 unspecified atom stereocenters. The number of nitrogens with zero attached hydrogens (tertiary/aromatic N) is 2. The molecule has 0 aliphatic carbocycles. The largest absolute Gasteiger partial charge is 0.495 e. The highest BCUT2D eigenvalue weighted by molar-refractivity contribution is 7.16. The van der Waals surface area contributed by atoms with E-state index in [1.54, 1.807) is 7.11 Å². The second-order valence-electron chi connectivity index (χ2n) is 5.86. The molecule has 24 heavy (non-hydrogen) atoms. The Labute approximate surface area is 145 Å². The smallest absolute Gasteiger partial charge is 0.252 e. The fraction of sp³-hybridized carbons (Fsp3) is 0.263. The zero-order valence-corrected chi connectivity index (χ0v) is 15.1. The van der Waals surface area contributed by atoms with Crippen LogP contribution in [0.15, 0.2) is 41.4 Å². The van der Waals surface area contributed by atoms with Crippen LogP contribution in [-0.2, 0) is 18.3 Å². The molecule has 4 nitrogen and oxygen atoms in total. The molecule has 0 atom stereocenters. The third-order valence-electron chi connectivity index (χ3n) is 4.07. The van der Waals surface area contributed by atoms with Crippen LogP contribution in [0.2, 0.25) is 0 Å². The van der Waals surface area contributed by atoms with Crippen LogP contribution in [0, 0.1) is 13.8 Å². The predicted molar refractivity (Wildman–Crippen MR) is 97.5 cm³/mol. The first-order valence-electron chi connectivity index (χ1n) is 7.76. The average Bonchev–Trinajstić information content (AvgIpc) is 2.86. The summed E-state index contributed by atoms with van der Waals surface area (Å²) in [6.07, 6.45) is 0.317. The third kappa shape index (κ3) is 3.12. The highest BCUT2D eigenvalue weighted by Crippen LogP contribution is 2.26. The number of aryl methyl sites for hydroxylation is 3. The van der Waals surface area contributed by atoms with Crippen LogP contribution in [0.5, 0.6) is 5.75 Å². The van der Waals surface area contributed by atoms with Crippen LogP contribution >= 0.6 is 11.3 Å². The number of para-hydroxylation sites is 1. The second-order valence-corrected chi connectivity index (χ2v) is 6.87. The number of benzene rings is 2. The molecule has 0 saturated heterocycles. The van der Waals surface area contributed by atoms with Crippen molar-refractivity contribution >= 4 is 27.5 Å². The molecular weight excluding hydrogens is 320 g/mol. The van der Waals surface area contributed by atoms with Crippen molar-refractivity contribution < 1.29 is 9.53 Å². The van der Waals surface area contributed by atoms with Crippen LogP contribution in [0.25, 0.3) is 10.2 Å². The van der Waals surface area contributed by atoms with Gasteiger partial charge < -0.3 is 9.30 Å². The molecule has 124 valence electrons. The van der Waals surface area contributed by atoms with Gasteiger partial charge in [-0.1, -0.05) is 41.2 Å². The summed E-state index contributed by atoms with van der Waals surface area (Å²) in [4.78, 5) is 17.4. The number of methoxy groups -OCH3 is 1. The summed E-state index contributed by atoms with van der Waals surface area (Å²) in [5.74, 6) is 0.651. The fourth-order valence-corrected chi connectivity index (χ4v) is 3.85. The molecular formula is C19H20N2O2S. The zero-order valence-electron chi connectivity index (χ0n) is 14.3. The number of thiazole rings is 1. The van der Waals surface area contributed by atoms with E-state index in [0.717, 1.165) is 27.1 Å². The van der Waals surface area contributed by atoms with Crippen molar-refractivity contribution in [1.82, 2.24) is 4.57 Å². The van der Waals surface area contributed by atoms with E-state index in [9.17, 15) is 4.79 Å². The fourth-order valence-electron chi connectivity index (χ4n) is 2.79. The first kappa shape index (κ1) is 16.5. The van der Waals surface area contributed by atoms with Gasteiger partial charge >= 0.3 is 0 Å². The maximum atomic E-state index is 12.4. The summed E-state index contributed by atoms with van der Waals surface area (Å²) in [5.41, 5.74) is 4.31. The maximum absolute atomic E-state index is 12.4. The first-order chi connectivity index (χ1) is 11.5. The Morgan fingerprint density at radius 2 is 2.04 bits per heavy atom. The van der Waals surface area contributed by atoms with Gasteiger partial charge in [0.2, 0.25) is 0 Å². The molecule has 0 aliphatic rings. The Morgan fingerprint density at radius 3 is 2.75 bits per heavy atom. The Bertz CT molecular complexity index is 983. The predicted octanol–water partition coefficient (Wildman–Crippen LogP) is 3.54. The molecule has 0 saturated carbocycles. The molecule has 0 fully saturated rings. The summed E-state index contributed by atoms with van der Waals surface area (Å²) < 4.78 is 8.37. The van der Waals surface area contributed by atoms with Crippen LogP contribution in [0.3, 0.4) is 0 Å². The Morgan fingerprint density at radius 1 is 1.25 bits per heavy atom. The van der Waals surface area contributed by atoms with E-state index in [4.69, 9.17) is 4.74 Å². The summed E-state index contributed by atoms with van der Waals surface area (Å²) in [7, 11) is 3.55. The van der Waals surface area contributed by atoms with Gasteiger partial charge in [-0.2, -0.15) is 4.99 Å². The Kier molecular flexibility index (Phi) is 4.53. The monoisotopic (exact) mass is 340 g/mol. The van der Waals surface area contributed by atoms with Gasteiger partial charge in [0, 0.05) is 7.05 Å². The van der Waals surface area contributed by atoms with Crippen molar-refractivity contribution in [1.29, 1.82) is 0 Å². The molecule has 2 aromatic carbocycles. The van der Waals surface area contributed by atoms with Gasteiger partial charge in [0.1, 0.15) is 11.3 Å². The minimum Gasteiger partial charge on any atom is -0.495 e. The quantitative estimate of drug-likeness (QED) is 0.732. The van der Waals surface area contributed by atoms with Crippen LogP contribution in [0.4, 0.5) is 0 Å². The van der Waals surface area contributed by atoms with Crippen molar-refractivity contribution in [3.8, 4) is 5.75 Å². The summed E-state index contributed by atoms with van der Waals surface area (Å²) in [5, 5.41) is 0. The SMILES string of the molecule is COc1cccc2sc(=NC(=O)Cc3ccc(C)cc3C)n(C)c12. The average molecular weight is 340 g/mol. The summed E-state index contributed by atoms with van der Waals surface area (Å²) in [6.45, 7) is 4.08. The van der Waals surface area contributed by atoms with Crippen LogP contribution in [-0.4, -0.2) is 17.6 Å². The van der Waals surface area contributed by atoms with Gasteiger partial charge in [0.05, 0.1) is 18.2 Å². The molecule has 0 radical (unpaired) electrons. The van der Waals surface area contributed by atoms with Crippen molar-refractivity contribution in [2.75, 3.05) is 7.11 Å². The number of aromatic nitrogens is 1. The normalized spacial score (nSPS) is 11.9. The summed E-state index contributed by atoms with van der Waals surface area (Å²) in [6, 6.07) is 12.0. The molecule has 1 heterocycles. The number of carbonyl (C=O) groups is 1. The van der Waals surface area contributed by atoms with E-state index in [1.165, 1.54) is 16.9 Å². The van der Waals surface area contributed by atoms with Crippen molar-refractivity contribution in [3.05, 3.63) is 57.9 Å². The van der Waals surface area contributed by atoms with Crippen LogP contribution in [0.1, 0.15) is 16.7 Å². The maximum Gasteiger partial charge on any atom is 0.252 e. The molecule has 0 bridgehead atoms. The molecule has 0 spiro atoms. The highest BCUT2D eigenvalue weighted by Gasteiger charge is 2.10.